The van der Waals surface area contributed by atoms with Gasteiger partial charge in [0.1, 0.15) is 5.78 Å². The van der Waals surface area contributed by atoms with E-state index in [1.165, 1.54) is 0 Å². The van der Waals surface area contributed by atoms with Crippen molar-refractivity contribution in [2.45, 2.75) is 45.4 Å². The number of carbonyl (C=O) groups excluding carboxylic acids is 1. The maximum absolute atomic E-state index is 10.6. The van der Waals surface area contributed by atoms with Crippen LogP contribution in [-0.2, 0) is 4.79 Å². The summed E-state index contributed by atoms with van der Waals surface area (Å²) in [5.74, 6) is 7.95. The Labute approximate surface area is 93.0 Å². The molecule has 0 rings (SSSR count). The Morgan fingerprint density at radius 3 is 2.73 bits per heavy atom. The van der Waals surface area contributed by atoms with Crippen LogP contribution in [0.25, 0.3) is 0 Å². The summed E-state index contributed by atoms with van der Waals surface area (Å²) in [4.78, 5) is 10.6. The highest BCUT2D eigenvalue weighted by Crippen LogP contribution is 2.04. The Kier molecular flexibility index (Phi) is 9.57. The lowest BCUT2D eigenvalue weighted by molar-refractivity contribution is -0.117. The molecule has 0 radical (unpaired) electrons. The van der Waals surface area contributed by atoms with Crippen LogP contribution in [0.4, 0.5) is 0 Å². The normalized spacial score (nSPS) is 9.33. The molecule has 0 saturated carbocycles. The Hall–Kier alpha value is -1.47. The molecule has 0 aliphatic heterocycles. The fourth-order valence-corrected chi connectivity index (χ4v) is 1.18. The molecule has 0 saturated heterocycles. The average Bonchev–Trinajstić information content (AvgIpc) is 2.20. The third-order valence-electron chi connectivity index (χ3n) is 1.95. The van der Waals surface area contributed by atoms with Crippen molar-refractivity contribution >= 4 is 5.78 Å². The van der Waals surface area contributed by atoms with Gasteiger partial charge in [0.2, 0.25) is 0 Å². The van der Waals surface area contributed by atoms with Crippen molar-refractivity contribution in [3.05, 3.63) is 12.2 Å². The number of unbranched alkanes of at least 4 members (excludes halogenated alkanes) is 3. The molecule has 0 aromatic heterocycles. The third-order valence-corrected chi connectivity index (χ3v) is 1.95. The van der Waals surface area contributed by atoms with Crippen LogP contribution in [0, 0.1) is 24.2 Å². The van der Waals surface area contributed by atoms with E-state index in [1.807, 2.05) is 6.08 Å². The summed E-state index contributed by atoms with van der Waals surface area (Å²) in [5, 5.41) is 0. The molecule has 0 atom stereocenters. The van der Waals surface area contributed by atoms with Gasteiger partial charge in [-0.3, -0.25) is 0 Å². The smallest absolute Gasteiger partial charge is 0.129 e. The van der Waals surface area contributed by atoms with E-state index >= 15 is 0 Å². The number of rotatable bonds is 7. The van der Waals surface area contributed by atoms with E-state index < -0.39 is 0 Å². The van der Waals surface area contributed by atoms with Crippen molar-refractivity contribution in [2.75, 3.05) is 0 Å². The molecular weight excluding hydrogens is 184 g/mol. The van der Waals surface area contributed by atoms with Gasteiger partial charge in [0.25, 0.3) is 0 Å². The molecule has 0 aliphatic rings. The standard InChI is InChI=1S/C14H18O/c1-3-4-5-6-7-8-9-10-11-12-13-14(2)15/h1,7-8H,6,9-13H2,2H3. The van der Waals surface area contributed by atoms with Gasteiger partial charge < -0.3 is 4.79 Å². The number of ketones is 1. The predicted molar refractivity (Wildman–Crippen MR) is 64.1 cm³/mol. The Morgan fingerprint density at radius 1 is 1.27 bits per heavy atom. The lowest BCUT2D eigenvalue weighted by Gasteiger charge is -1.95. The summed E-state index contributed by atoms with van der Waals surface area (Å²) in [6, 6.07) is 0. The second-order valence-corrected chi connectivity index (χ2v) is 3.42. The van der Waals surface area contributed by atoms with Crippen molar-refractivity contribution in [1.29, 1.82) is 0 Å². The Bertz CT molecular complexity index is 294. The highest BCUT2D eigenvalue weighted by Gasteiger charge is 1.92. The maximum atomic E-state index is 10.6. The molecule has 0 amide bonds. The zero-order valence-electron chi connectivity index (χ0n) is 9.38. The SMILES string of the molecule is C#CC#CCC=CCCCCCC(C)=O. The number of hydrogen-bond donors (Lipinski definition) is 0. The van der Waals surface area contributed by atoms with E-state index in [1.54, 1.807) is 6.92 Å². The first kappa shape index (κ1) is 13.5. The molecule has 0 bridgehead atoms. The first-order valence-corrected chi connectivity index (χ1v) is 5.35. The van der Waals surface area contributed by atoms with Gasteiger partial charge in [-0.05, 0) is 38.0 Å². The van der Waals surface area contributed by atoms with E-state index in [-0.39, 0.29) is 5.78 Å². The molecule has 0 unspecified atom stereocenters. The van der Waals surface area contributed by atoms with Crippen molar-refractivity contribution in [3.8, 4) is 24.2 Å². The third kappa shape index (κ3) is 12.5. The van der Waals surface area contributed by atoms with Crippen LogP contribution in [-0.4, -0.2) is 5.78 Å². The van der Waals surface area contributed by atoms with Gasteiger partial charge in [-0.1, -0.05) is 24.5 Å². The van der Waals surface area contributed by atoms with Crippen LogP contribution < -0.4 is 0 Å². The van der Waals surface area contributed by atoms with Crippen LogP contribution in [0.2, 0.25) is 0 Å². The number of carbonyl (C=O) groups is 1. The molecule has 0 aromatic rings. The van der Waals surface area contributed by atoms with Crippen LogP contribution in [0.15, 0.2) is 12.2 Å². The lowest BCUT2D eigenvalue weighted by atomic mass is 10.1. The number of Topliss-reactive ketones (excluding diaryl/α,β-unsaturated/α-hetero) is 1. The predicted octanol–water partition coefficient (Wildman–Crippen LogP) is 3.11. The van der Waals surface area contributed by atoms with Crippen molar-refractivity contribution in [3.63, 3.8) is 0 Å². The van der Waals surface area contributed by atoms with E-state index in [4.69, 9.17) is 6.42 Å². The zero-order valence-corrected chi connectivity index (χ0v) is 9.38. The molecule has 0 heterocycles. The quantitative estimate of drug-likeness (QED) is 0.352. The Morgan fingerprint density at radius 2 is 2.07 bits per heavy atom. The van der Waals surface area contributed by atoms with E-state index in [9.17, 15) is 4.79 Å². The van der Waals surface area contributed by atoms with Crippen LogP contribution in [0.1, 0.15) is 45.4 Å². The highest BCUT2D eigenvalue weighted by atomic mass is 16.1. The second-order valence-electron chi connectivity index (χ2n) is 3.42. The number of terminal acetylenes is 1. The molecule has 1 heteroatoms. The van der Waals surface area contributed by atoms with Crippen LogP contribution in [0.5, 0.6) is 0 Å². The fraction of sp³-hybridized carbons (Fsp3) is 0.500. The molecular formula is C14H18O. The topological polar surface area (TPSA) is 17.1 Å². The minimum absolute atomic E-state index is 0.287. The molecule has 0 aliphatic carbocycles. The Balaban J connectivity index is 3.24. The minimum Gasteiger partial charge on any atom is -0.300 e. The average molecular weight is 202 g/mol. The number of hydrogen-bond acceptors (Lipinski definition) is 1. The maximum Gasteiger partial charge on any atom is 0.129 e. The summed E-state index contributed by atoms with van der Waals surface area (Å²) >= 11 is 0. The molecule has 15 heavy (non-hydrogen) atoms. The summed E-state index contributed by atoms with van der Waals surface area (Å²) in [5.41, 5.74) is 0. The van der Waals surface area contributed by atoms with E-state index in [0.29, 0.717) is 0 Å². The van der Waals surface area contributed by atoms with E-state index in [0.717, 1.165) is 38.5 Å². The van der Waals surface area contributed by atoms with Gasteiger partial charge in [0.05, 0.1) is 0 Å². The van der Waals surface area contributed by atoms with Gasteiger partial charge in [0, 0.05) is 12.8 Å². The summed E-state index contributed by atoms with van der Waals surface area (Å²) in [6.45, 7) is 1.64. The molecule has 1 nitrogen and oxygen atoms in total. The largest absolute Gasteiger partial charge is 0.300 e. The van der Waals surface area contributed by atoms with Crippen molar-refractivity contribution in [1.82, 2.24) is 0 Å². The molecule has 0 aromatic carbocycles. The molecule has 0 spiro atoms. The first-order chi connectivity index (χ1) is 7.27. The first-order valence-electron chi connectivity index (χ1n) is 5.35. The second kappa shape index (κ2) is 10.6. The zero-order chi connectivity index (χ0) is 11.4. The van der Waals surface area contributed by atoms with Crippen LogP contribution >= 0.6 is 0 Å². The number of allylic oxidation sites excluding steroid dienone is 2. The van der Waals surface area contributed by atoms with Gasteiger partial charge in [0.15, 0.2) is 0 Å². The monoisotopic (exact) mass is 202 g/mol. The van der Waals surface area contributed by atoms with Crippen LogP contribution in [0.3, 0.4) is 0 Å². The summed E-state index contributed by atoms with van der Waals surface area (Å²) in [7, 11) is 0. The van der Waals surface area contributed by atoms with E-state index in [2.05, 4.69) is 23.8 Å². The summed E-state index contributed by atoms with van der Waals surface area (Å²) < 4.78 is 0. The molecule has 0 N–H and O–H groups in total. The lowest BCUT2D eigenvalue weighted by Crippen LogP contribution is -1.88. The van der Waals surface area contributed by atoms with Crippen molar-refractivity contribution in [2.24, 2.45) is 0 Å². The molecule has 80 valence electrons. The minimum atomic E-state index is 0.287. The molecule has 0 fully saturated rings. The fourth-order valence-electron chi connectivity index (χ4n) is 1.18. The van der Waals surface area contributed by atoms with Gasteiger partial charge in [-0.25, -0.2) is 0 Å². The summed E-state index contributed by atoms with van der Waals surface area (Å²) in [6.07, 6.45) is 14.9. The van der Waals surface area contributed by atoms with Gasteiger partial charge >= 0.3 is 0 Å². The van der Waals surface area contributed by atoms with Gasteiger partial charge in [-0.15, -0.1) is 6.42 Å². The highest BCUT2D eigenvalue weighted by molar-refractivity contribution is 5.75. The van der Waals surface area contributed by atoms with Crippen molar-refractivity contribution < 1.29 is 4.79 Å². The van der Waals surface area contributed by atoms with Gasteiger partial charge in [-0.2, -0.15) is 0 Å².